The average Bonchev–Trinajstić information content (AvgIpc) is 2.74. The van der Waals surface area contributed by atoms with Gasteiger partial charge in [-0.15, -0.1) is 0 Å². The van der Waals surface area contributed by atoms with Gasteiger partial charge < -0.3 is 14.8 Å². The van der Waals surface area contributed by atoms with Crippen LogP contribution >= 0.6 is 15.9 Å². The molecule has 0 fully saturated rings. The Balaban J connectivity index is 1.75. The number of anilines is 1. The minimum atomic E-state index is -0.245. The summed E-state index contributed by atoms with van der Waals surface area (Å²) in [6.45, 7) is 8.34. The van der Waals surface area contributed by atoms with E-state index >= 15 is 0 Å². The zero-order chi connectivity index (χ0) is 23.1. The molecule has 3 aromatic carbocycles. The summed E-state index contributed by atoms with van der Waals surface area (Å²) in [5.41, 5.74) is 5.94. The van der Waals surface area contributed by atoms with E-state index in [1.807, 2.05) is 62.4 Å². The van der Waals surface area contributed by atoms with Crippen molar-refractivity contribution in [3.8, 4) is 11.5 Å². The van der Waals surface area contributed by atoms with E-state index in [4.69, 9.17) is 9.47 Å². The normalized spacial score (nSPS) is 10.9. The van der Waals surface area contributed by atoms with Crippen LogP contribution in [0.3, 0.4) is 0 Å². The molecule has 0 aliphatic rings. The van der Waals surface area contributed by atoms with E-state index in [-0.39, 0.29) is 12.5 Å². The monoisotopic (exact) mass is 494 g/mol. The topological polar surface area (TPSA) is 59.9 Å². The third-order valence-corrected chi connectivity index (χ3v) is 5.50. The number of amides is 1. The number of aryl methyl sites for hydroxylation is 2. The number of hydrogen-bond donors (Lipinski definition) is 1. The molecule has 32 heavy (non-hydrogen) atoms. The van der Waals surface area contributed by atoms with Crippen molar-refractivity contribution in [2.24, 2.45) is 4.99 Å². The van der Waals surface area contributed by atoms with Crippen molar-refractivity contribution in [2.75, 3.05) is 18.5 Å². The largest absolute Gasteiger partial charge is 0.490 e. The van der Waals surface area contributed by atoms with Gasteiger partial charge in [-0.1, -0.05) is 24.3 Å². The smallest absolute Gasteiger partial charge is 0.262 e. The highest BCUT2D eigenvalue weighted by molar-refractivity contribution is 9.10. The van der Waals surface area contributed by atoms with Gasteiger partial charge in [-0.25, -0.2) is 0 Å². The molecular weight excluding hydrogens is 468 g/mol. The van der Waals surface area contributed by atoms with Gasteiger partial charge in [-0.2, -0.15) is 0 Å². The number of carbonyl (C=O) groups excluding carboxylic acids is 1. The Kier molecular flexibility index (Phi) is 8.06. The lowest BCUT2D eigenvalue weighted by molar-refractivity contribution is -0.118. The summed E-state index contributed by atoms with van der Waals surface area (Å²) in [6.07, 6.45) is 1.79. The van der Waals surface area contributed by atoms with Gasteiger partial charge in [0.1, 0.15) is 0 Å². The van der Waals surface area contributed by atoms with Crippen LogP contribution in [0.4, 0.5) is 11.4 Å². The Bertz CT molecular complexity index is 1140. The molecule has 0 atom stereocenters. The van der Waals surface area contributed by atoms with Crippen molar-refractivity contribution in [2.45, 2.75) is 27.7 Å². The van der Waals surface area contributed by atoms with Crippen LogP contribution in [0.5, 0.6) is 11.5 Å². The molecule has 5 nitrogen and oxygen atoms in total. The molecule has 0 unspecified atom stereocenters. The number of halogens is 1. The van der Waals surface area contributed by atoms with Gasteiger partial charge in [-0.05, 0) is 96.2 Å². The highest BCUT2D eigenvalue weighted by atomic mass is 79.9. The standard InChI is InChI=1S/C26H27BrN2O3/c1-5-31-24-14-20(15-28-23-11-7-9-18(3)19(23)4)13-22(27)26(24)32-16-25(30)29-21-10-6-8-17(2)12-21/h6-15H,5,16H2,1-4H3,(H,29,30). The third-order valence-electron chi connectivity index (χ3n) is 4.91. The Morgan fingerprint density at radius 3 is 2.59 bits per heavy atom. The summed E-state index contributed by atoms with van der Waals surface area (Å²) in [5.74, 6) is 0.785. The van der Waals surface area contributed by atoms with Crippen LogP contribution in [0, 0.1) is 20.8 Å². The molecule has 0 saturated carbocycles. The Morgan fingerprint density at radius 2 is 1.84 bits per heavy atom. The number of aliphatic imine (C=N–C) groups is 1. The number of ether oxygens (including phenoxy) is 2. The molecule has 0 heterocycles. The predicted molar refractivity (Wildman–Crippen MR) is 134 cm³/mol. The Morgan fingerprint density at radius 1 is 1.06 bits per heavy atom. The number of nitrogens with one attached hydrogen (secondary N) is 1. The van der Waals surface area contributed by atoms with Gasteiger partial charge in [-0.3, -0.25) is 9.79 Å². The van der Waals surface area contributed by atoms with E-state index in [0.29, 0.717) is 22.6 Å². The van der Waals surface area contributed by atoms with E-state index < -0.39 is 0 Å². The quantitative estimate of drug-likeness (QED) is 0.361. The number of carbonyl (C=O) groups is 1. The van der Waals surface area contributed by atoms with Gasteiger partial charge >= 0.3 is 0 Å². The fourth-order valence-electron chi connectivity index (χ4n) is 3.14. The number of rotatable bonds is 8. The first-order valence-electron chi connectivity index (χ1n) is 10.4. The first-order valence-corrected chi connectivity index (χ1v) is 11.2. The van der Waals surface area contributed by atoms with Crippen LogP contribution in [0.15, 0.2) is 64.1 Å². The zero-order valence-corrected chi connectivity index (χ0v) is 20.3. The fourth-order valence-corrected chi connectivity index (χ4v) is 3.72. The third kappa shape index (κ3) is 6.20. The van der Waals surface area contributed by atoms with Crippen molar-refractivity contribution < 1.29 is 14.3 Å². The first kappa shape index (κ1) is 23.5. The Hall–Kier alpha value is -3.12. The van der Waals surface area contributed by atoms with Crippen molar-refractivity contribution in [1.82, 2.24) is 0 Å². The van der Waals surface area contributed by atoms with E-state index in [1.54, 1.807) is 6.21 Å². The first-order chi connectivity index (χ1) is 15.4. The van der Waals surface area contributed by atoms with Crippen molar-refractivity contribution in [3.63, 3.8) is 0 Å². The van der Waals surface area contributed by atoms with Crippen LogP contribution in [-0.4, -0.2) is 25.3 Å². The number of benzene rings is 3. The molecule has 1 N–H and O–H groups in total. The summed E-state index contributed by atoms with van der Waals surface area (Å²) < 4.78 is 12.3. The maximum absolute atomic E-state index is 12.3. The molecule has 0 bridgehead atoms. The van der Waals surface area contributed by atoms with Crippen molar-refractivity contribution in [3.05, 3.63) is 81.3 Å². The molecule has 0 aliphatic heterocycles. The van der Waals surface area contributed by atoms with E-state index in [9.17, 15) is 4.79 Å². The second-order valence-corrected chi connectivity index (χ2v) is 8.30. The van der Waals surface area contributed by atoms with Crippen LogP contribution in [0.25, 0.3) is 0 Å². The van der Waals surface area contributed by atoms with E-state index in [1.165, 1.54) is 5.56 Å². The number of nitrogens with zero attached hydrogens (tertiary/aromatic N) is 1. The van der Waals surface area contributed by atoms with Crippen molar-refractivity contribution >= 4 is 39.4 Å². The maximum atomic E-state index is 12.3. The molecular formula is C26H27BrN2O3. The molecule has 1 amide bonds. The summed E-state index contributed by atoms with van der Waals surface area (Å²) in [7, 11) is 0. The SMILES string of the molecule is CCOc1cc(C=Nc2cccc(C)c2C)cc(Br)c1OCC(=O)Nc1cccc(C)c1. The van der Waals surface area contributed by atoms with E-state index in [2.05, 4.69) is 46.2 Å². The van der Waals surface area contributed by atoms with Crippen molar-refractivity contribution in [1.29, 1.82) is 0 Å². The minimum Gasteiger partial charge on any atom is -0.490 e. The lowest BCUT2D eigenvalue weighted by atomic mass is 10.1. The second kappa shape index (κ2) is 11.0. The van der Waals surface area contributed by atoms with Crippen LogP contribution in [0.1, 0.15) is 29.2 Å². The maximum Gasteiger partial charge on any atom is 0.262 e. The molecule has 0 saturated heterocycles. The van der Waals surface area contributed by atoms with Gasteiger partial charge in [0.15, 0.2) is 18.1 Å². The van der Waals surface area contributed by atoms with Gasteiger partial charge in [0.05, 0.1) is 16.8 Å². The highest BCUT2D eigenvalue weighted by Crippen LogP contribution is 2.37. The number of hydrogen-bond acceptors (Lipinski definition) is 4. The molecule has 0 aromatic heterocycles. The lowest BCUT2D eigenvalue weighted by Crippen LogP contribution is -2.20. The summed E-state index contributed by atoms with van der Waals surface area (Å²) in [6, 6.07) is 17.4. The zero-order valence-electron chi connectivity index (χ0n) is 18.7. The molecule has 0 aliphatic carbocycles. The molecule has 3 aromatic rings. The van der Waals surface area contributed by atoms with Gasteiger partial charge in [0.25, 0.3) is 5.91 Å². The lowest BCUT2D eigenvalue weighted by Gasteiger charge is -2.15. The van der Waals surface area contributed by atoms with Crippen LogP contribution in [0.2, 0.25) is 0 Å². The molecule has 0 spiro atoms. The summed E-state index contributed by atoms with van der Waals surface area (Å²) in [4.78, 5) is 17.0. The minimum absolute atomic E-state index is 0.136. The van der Waals surface area contributed by atoms with Crippen LogP contribution in [-0.2, 0) is 4.79 Å². The average molecular weight is 495 g/mol. The molecule has 3 rings (SSSR count). The highest BCUT2D eigenvalue weighted by Gasteiger charge is 2.14. The van der Waals surface area contributed by atoms with Gasteiger partial charge in [0, 0.05) is 11.9 Å². The van der Waals surface area contributed by atoms with Crippen LogP contribution < -0.4 is 14.8 Å². The Labute approximate surface area is 197 Å². The summed E-state index contributed by atoms with van der Waals surface area (Å²) in [5, 5.41) is 2.84. The molecule has 6 heteroatoms. The molecule has 166 valence electrons. The summed E-state index contributed by atoms with van der Waals surface area (Å²) >= 11 is 3.55. The van der Waals surface area contributed by atoms with E-state index in [0.717, 1.165) is 28.1 Å². The predicted octanol–water partition coefficient (Wildman–Crippen LogP) is 6.54. The fraction of sp³-hybridized carbons (Fsp3) is 0.231. The molecule has 0 radical (unpaired) electrons. The second-order valence-electron chi connectivity index (χ2n) is 7.45. The van der Waals surface area contributed by atoms with Gasteiger partial charge in [0.2, 0.25) is 0 Å².